The average Bonchev–Trinajstić information content (AvgIpc) is 2.97. The van der Waals surface area contributed by atoms with E-state index in [0.717, 1.165) is 45.6 Å². The van der Waals surface area contributed by atoms with E-state index in [-0.39, 0.29) is 5.97 Å². The van der Waals surface area contributed by atoms with Gasteiger partial charge in [-0.1, -0.05) is 0 Å². The van der Waals surface area contributed by atoms with Crippen LogP contribution in [0.15, 0.2) is 18.2 Å². The van der Waals surface area contributed by atoms with E-state index in [1.807, 2.05) is 0 Å². The minimum atomic E-state index is -0.371. The summed E-state index contributed by atoms with van der Waals surface area (Å²) >= 11 is 0. The van der Waals surface area contributed by atoms with Crippen molar-refractivity contribution in [3.63, 3.8) is 0 Å². The molecule has 150 valence electrons. The van der Waals surface area contributed by atoms with E-state index in [9.17, 15) is 4.79 Å². The van der Waals surface area contributed by atoms with Crippen LogP contribution in [0.2, 0.25) is 0 Å². The lowest BCUT2D eigenvalue weighted by atomic mass is 10.1. The Hall–Kier alpha value is -2.25. The van der Waals surface area contributed by atoms with Gasteiger partial charge in [0.15, 0.2) is 11.5 Å². The number of benzene rings is 1. The molecule has 0 atom stereocenters. The van der Waals surface area contributed by atoms with Crippen molar-refractivity contribution in [1.82, 2.24) is 10.2 Å². The van der Waals surface area contributed by atoms with Gasteiger partial charge in [-0.2, -0.15) is 0 Å². The second-order valence-electron chi connectivity index (χ2n) is 6.22. The van der Waals surface area contributed by atoms with Crippen molar-refractivity contribution in [2.75, 3.05) is 60.7 Å². The van der Waals surface area contributed by atoms with Crippen LogP contribution in [0.25, 0.3) is 6.08 Å². The molecule has 0 aliphatic carbocycles. The van der Waals surface area contributed by atoms with Crippen LogP contribution in [0.5, 0.6) is 17.2 Å². The third kappa shape index (κ3) is 6.45. The quantitative estimate of drug-likeness (QED) is 0.400. The molecule has 0 unspecified atom stereocenters. The zero-order chi connectivity index (χ0) is 19.5. The molecule has 1 aromatic carbocycles. The fraction of sp³-hybridized carbons (Fsp3) is 0.550. The Labute approximate surface area is 161 Å². The van der Waals surface area contributed by atoms with Gasteiger partial charge in [0, 0.05) is 31.3 Å². The van der Waals surface area contributed by atoms with E-state index in [2.05, 4.69) is 10.2 Å². The molecule has 0 radical (unpaired) electrons. The van der Waals surface area contributed by atoms with Gasteiger partial charge in [-0.25, -0.2) is 4.79 Å². The maximum atomic E-state index is 12.0. The summed E-state index contributed by atoms with van der Waals surface area (Å²) in [5.74, 6) is 1.19. The summed E-state index contributed by atoms with van der Waals surface area (Å²) in [6, 6.07) is 3.57. The first-order chi connectivity index (χ1) is 13.2. The van der Waals surface area contributed by atoms with Gasteiger partial charge < -0.3 is 29.2 Å². The lowest BCUT2D eigenvalue weighted by molar-refractivity contribution is -0.137. The van der Waals surface area contributed by atoms with Crippen LogP contribution < -0.4 is 19.5 Å². The molecule has 1 aromatic rings. The largest absolute Gasteiger partial charge is 0.493 e. The van der Waals surface area contributed by atoms with E-state index in [4.69, 9.17) is 18.9 Å². The monoisotopic (exact) mass is 378 g/mol. The topological polar surface area (TPSA) is 69.3 Å². The maximum absolute atomic E-state index is 12.0. The van der Waals surface area contributed by atoms with Crippen molar-refractivity contribution in [1.29, 1.82) is 0 Å². The van der Waals surface area contributed by atoms with Gasteiger partial charge in [-0.3, -0.25) is 0 Å². The number of nitrogens with one attached hydrogen (secondary N) is 1. The van der Waals surface area contributed by atoms with Crippen LogP contribution in [-0.2, 0) is 9.53 Å². The molecule has 0 bridgehead atoms. The number of carbonyl (C=O) groups is 1. The number of carbonyl (C=O) groups excluding carboxylic acids is 1. The maximum Gasteiger partial charge on any atom is 0.330 e. The molecular weight excluding hydrogens is 348 g/mol. The number of hydrogen-bond acceptors (Lipinski definition) is 7. The summed E-state index contributed by atoms with van der Waals surface area (Å²) in [5.41, 5.74) is 0.712. The predicted octanol–water partition coefficient (Wildman–Crippen LogP) is 1.95. The molecule has 0 amide bonds. The highest BCUT2D eigenvalue weighted by Gasteiger charge is 2.14. The second kappa shape index (κ2) is 11.5. The second-order valence-corrected chi connectivity index (χ2v) is 6.22. The lowest BCUT2D eigenvalue weighted by Crippen LogP contribution is -2.29. The first-order valence-corrected chi connectivity index (χ1v) is 9.26. The van der Waals surface area contributed by atoms with Crippen LogP contribution >= 0.6 is 0 Å². The lowest BCUT2D eigenvalue weighted by Gasteiger charge is -2.18. The Kier molecular flexibility index (Phi) is 8.94. The molecular formula is C20H30N2O5. The molecule has 0 aromatic heterocycles. The molecule has 7 nitrogen and oxygen atoms in total. The average molecular weight is 378 g/mol. The van der Waals surface area contributed by atoms with E-state index in [1.54, 1.807) is 39.5 Å². The Morgan fingerprint density at radius 2 is 1.93 bits per heavy atom. The molecule has 0 saturated carbocycles. The van der Waals surface area contributed by atoms with Crippen LogP contribution in [-0.4, -0.2) is 71.5 Å². The van der Waals surface area contributed by atoms with Crippen molar-refractivity contribution in [2.24, 2.45) is 0 Å². The van der Waals surface area contributed by atoms with Gasteiger partial charge in [0.2, 0.25) is 5.75 Å². The number of ether oxygens (including phenoxy) is 4. The van der Waals surface area contributed by atoms with Crippen molar-refractivity contribution >= 4 is 12.0 Å². The molecule has 1 heterocycles. The highest BCUT2D eigenvalue weighted by Crippen LogP contribution is 2.40. The first kappa shape index (κ1) is 21.1. The predicted molar refractivity (Wildman–Crippen MR) is 105 cm³/mol. The molecule has 7 heteroatoms. The number of esters is 1. The molecule has 27 heavy (non-hydrogen) atoms. The first-order valence-electron chi connectivity index (χ1n) is 9.26. The van der Waals surface area contributed by atoms with Gasteiger partial charge in [0.25, 0.3) is 0 Å². The SMILES string of the molecule is COc1ccc(C=CC(=O)OCCCN2CCCNCC2)c(OC)c1OC. The Balaban J connectivity index is 1.83. The summed E-state index contributed by atoms with van der Waals surface area (Å²) in [6.45, 7) is 5.61. The number of hydrogen-bond donors (Lipinski definition) is 1. The summed E-state index contributed by atoms with van der Waals surface area (Å²) < 4.78 is 21.3. The van der Waals surface area contributed by atoms with E-state index in [1.165, 1.54) is 6.08 Å². The molecule has 1 saturated heterocycles. The molecule has 0 spiro atoms. The van der Waals surface area contributed by atoms with Crippen LogP contribution in [0.4, 0.5) is 0 Å². The fourth-order valence-electron chi connectivity index (χ4n) is 3.05. The summed E-state index contributed by atoms with van der Waals surface area (Å²) in [5, 5.41) is 3.38. The Morgan fingerprint density at radius 1 is 1.11 bits per heavy atom. The third-order valence-corrected chi connectivity index (χ3v) is 4.43. The number of nitrogens with zero attached hydrogens (tertiary/aromatic N) is 1. The van der Waals surface area contributed by atoms with Crippen LogP contribution in [0.3, 0.4) is 0 Å². The zero-order valence-electron chi connectivity index (χ0n) is 16.5. The van der Waals surface area contributed by atoms with Crippen molar-refractivity contribution in [3.8, 4) is 17.2 Å². The van der Waals surface area contributed by atoms with E-state index < -0.39 is 0 Å². The highest BCUT2D eigenvalue weighted by atomic mass is 16.5. The van der Waals surface area contributed by atoms with E-state index >= 15 is 0 Å². The smallest absolute Gasteiger partial charge is 0.330 e. The standard InChI is InChI=1S/C20H30N2O5/c1-24-17-8-6-16(19(25-2)20(17)26-3)7-9-18(23)27-15-5-13-22-12-4-10-21-11-14-22/h6-9,21H,4-5,10-15H2,1-3H3. The van der Waals surface area contributed by atoms with Gasteiger partial charge >= 0.3 is 5.97 Å². The van der Waals surface area contributed by atoms with Crippen molar-refractivity contribution < 1.29 is 23.7 Å². The summed E-state index contributed by atoms with van der Waals surface area (Å²) in [7, 11) is 4.65. The number of methoxy groups -OCH3 is 3. The van der Waals surface area contributed by atoms with Gasteiger partial charge in [0.05, 0.1) is 27.9 Å². The molecule has 2 rings (SSSR count). The minimum Gasteiger partial charge on any atom is -0.493 e. The molecule has 1 fully saturated rings. The van der Waals surface area contributed by atoms with Crippen LogP contribution in [0, 0.1) is 0 Å². The molecule has 1 N–H and O–H groups in total. The van der Waals surface area contributed by atoms with Crippen molar-refractivity contribution in [3.05, 3.63) is 23.8 Å². The third-order valence-electron chi connectivity index (χ3n) is 4.43. The number of rotatable bonds is 9. The highest BCUT2D eigenvalue weighted by molar-refractivity contribution is 5.88. The van der Waals surface area contributed by atoms with Gasteiger partial charge in [-0.05, 0) is 44.1 Å². The van der Waals surface area contributed by atoms with Crippen LogP contribution in [0.1, 0.15) is 18.4 Å². The fourth-order valence-corrected chi connectivity index (χ4v) is 3.05. The Morgan fingerprint density at radius 3 is 2.67 bits per heavy atom. The summed E-state index contributed by atoms with van der Waals surface area (Å²) in [6.07, 6.45) is 5.05. The van der Waals surface area contributed by atoms with Gasteiger partial charge in [0.1, 0.15) is 0 Å². The molecule has 1 aliphatic heterocycles. The minimum absolute atomic E-state index is 0.371. The van der Waals surface area contributed by atoms with Crippen molar-refractivity contribution in [2.45, 2.75) is 12.8 Å². The normalized spacial score (nSPS) is 15.4. The zero-order valence-corrected chi connectivity index (χ0v) is 16.5. The molecule has 1 aliphatic rings. The Bertz CT molecular complexity index is 625. The summed E-state index contributed by atoms with van der Waals surface area (Å²) in [4.78, 5) is 14.4. The van der Waals surface area contributed by atoms with E-state index in [0.29, 0.717) is 29.4 Å². The van der Waals surface area contributed by atoms with Gasteiger partial charge in [-0.15, -0.1) is 0 Å².